The summed E-state index contributed by atoms with van der Waals surface area (Å²) in [6.45, 7) is 3.81. The molecule has 14 heteroatoms. The van der Waals surface area contributed by atoms with Crippen molar-refractivity contribution in [2.75, 3.05) is 29.9 Å². The third kappa shape index (κ3) is 7.57. The molecule has 0 radical (unpaired) electrons. The van der Waals surface area contributed by atoms with E-state index >= 15 is 0 Å². The summed E-state index contributed by atoms with van der Waals surface area (Å²) in [5.74, 6) is -1.85. The molecule has 2 N–H and O–H groups in total. The second kappa shape index (κ2) is 12.5. The molecule has 0 aliphatic heterocycles. The molecule has 1 unspecified atom stereocenters. The molecular weight excluding hydrogens is 576 g/mol. The minimum Gasteiger partial charge on any atom is -0.351 e. The molecule has 1 aliphatic rings. The predicted octanol–water partition coefficient (Wildman–Crippen LogP) is 5.55. The Balaban J connectivity index is 1.64. The van der Waals surface area contributed by atoms with Crippen LogP contribution in [-0.2, 0) is 10.0 Å². The van der Waals surface area contributed by atoms with Crippen LogP contribution in [0.3, 0.4) is 0 Å². The van der Waals surface area contributed by atoms with E-state index in [0.717, 1.165) is 37.8 Å². The van der Waals surface area contributed by atoms with Gasteiger partial charge in [0.2, 0.25) is 16.0 Å². The van der Waals surface area contributed by atoms with Crippen LogP contribution >= 0.6 is 0 Å². The van der Waals surface area contributed by atoms with Gasteiger partial charge in [-0.15, -0.1) is 0 Å². The number of nitrogens with one attached hydrogen (secondary N) is 2. The normalized spacial score (nSPS) is 18.8. The molecule has 1 saturated carbocycles. The van der Waals surface area contributed by atoms with Gasteiger partial charge in [0, 0.05) is 35.3 Å². The number of hydrogen-bond acceptors (Lipinski definition) is 7. The molecule has 0 spiro atoms. The Kier molecular flexibility index (Phi) is 9.46. The molecule has 230 valence electrons. The summed E-state index contributed by atoms with van der Waals surface area (Å²) in [6, 6.07) is 5.48. The Hall–Kier alpha value is -3.26. The highest BCUT2D eigenvalue weighted by molar-refractivity contribution is 7.92. The van der Waals surface area contributed by atoms with E-state index in [0.29, 0.717) is 29.4 Å². The van der Waals surface area contributed by atoms with E-state index in [-0.39, 0.29) is 23.2 Å². The van der Waals surface area contributed by atoms with Gasteiger partial charge < -0.3 is 10.2 Å². The Morgan fingerprint density at radius 3 is 2.43 bits per heavy atom. The van der Waals surface area contributed by atoms with Crippen molar-refractivity contribution in [1.29, 1.82) is 0 Å². The zero-order valence-corrected chi connectivity index (χ0v) is 24.8. The summed E-state index contributed by atoms with van der Waals surface area (Å²) < 4.78 is 79.8. The maximum absolute atomic E-state index is 15.0. The van der Waals surface area contributed by atoms with Gasteiger partial charge in [0.1, 0.15) is 11.5 Å². The van der Waals surface area contributed by atoms with E-state index < -0.39 is 45.4 Å². The van der Waals surface area contributed by atoms with Crippen molar-refractivity contribution in [3.63, 3.8) is 0 Å². The molecular formula is C28H36F4N6O3S. The number of alkyl halides is 3. The molecule has 0 saturated heterocycles. The first-order valence-corrected chi connectivity index (χ1v) is 15.5. The Labute approximate surface area is 242 Å². The number of pyridine rings is 1. The van der Waals surface area contributed by atoms with Crippen LogP contribution in [-0.4, -0.2) is 66.0 Å². The van der Waals surface area contributed by atoms with Gasteiger partial charge in [0.25, 0.3) is 5.56 Å². The Morgan fingerprint density at radius 1 is 1.14 bits per heavy atom. The summed E-state index contributed by atoms with van der Waals surface area (Å²) in [5, 5.41) is 3.97. The molecule has 0 amide bonds. The monoisotopic (exact) mass is 612 g/mol. The molecule has 1 aliphatic carbocycles. The zero-order valence-electron chi connectivity index (χ0n) is 24.0. The summed E-state index contributed by atoms with van der Waals surface area (Å²) >= 11 is 0. The van der Waals surface area contributed by atoms with Crippen molar-refractivity contribution in [3.05, 3.63) is 46.6 Å². The average molecular weight is 613 g/mol. The van der Waals surface area contributed by atoms with Gasteiger partial charge in [-0.1, -0.05) is 13.0 Å². The van der Waals surface area contributed by atoms with Crippen molar-refractivity contribution in [2.24, 2.45) is 0 Å². The molecule has 2 heterocycles. The predicted molar refractivity (Wildman–Crippen MR) is 156 cm³/mol. The van der Waals surface area contributed by atoms with Crippen LogP contribution in [0.1, 0.15) is 58.4 Å². The van der Waals surface area contributed by atoms with Crippen molar-refractivity contribution in [3.8, 4) is 11.1 Å². The number of halogens is 4. The van der Waals surface area contributed by atoms with Crippen LogP contribution in [0.2, 0.25) is 0 Å². The van der Waals surface area contributed by atoms with E-state index in [1.807, 2.05) is 18.6 Å². The van der Waals surface area contributed by atoms with Crippen molar-refractivity contribution in [1.82, 2.24) is 19.4 Å². The number of aromatic nitrogens is 3. The van der Waals surface area contributed by atoms with Gasteiger partial charge in [-0.25, -0.2) is 17.8 Å². The largest absolute Gasteiger partial charge is 0.390 e. The highest BCUT2D eigenvalue weighted by Crippen LogP contribution is 2.29. The standard InChI is InChI=1S/C28H36F4N6O3S/c1-5-17(2)38-25-19(16-33-27(35-25)34-20-7-9-21(10-8-20)37(3)4)14-22(26(38)39)18-6-11-24(23(29)15-18)36-42(40,41)13-12-28(30,31)32/h6,11,14-17,20-21,36H,5,7-10,12-13H2,1-4H3,(H,33,34,35). The Bertz CT molecular complexity index is 1580. The summed E-state index contributed by atoms with van der Waals surface area (Å²) in [6.07, 6.45) is 0.0556. The molecule has 2 aromatic heterocycles. The van der Waals surface area contributed by atoms with Crippen LogP contribution in [0.15, 0.2) is 35.3 Å². The first-order valence-electron chi connectivity index (χ1n) is 13.9. The van der Waals surface area contributed by atoms with Gasteiger partial charge in [0.15, 0.2) is 0 Å². The number of benzene rings is 1. The lowest BCUT2D eigenvalue weighted by molar-refractivity contribution is -0.129. The first kappa shape index (κ1) is 31.7. The lowest BCUT2D eigenvalue weighted by atomic mass is 9.91. The zero-order chi connectivity index (χ0) is 30.8. The summed E-state index contributed by atoms with van der Waals surface area (Å²) in [7, 11) is -0.281. The third-order valence-electron chi connectivity index (χ3n) is 7.76. The third-order valence-corrected chi connectivity index (χ3v) is 9.04. The van der Waals surface area contributed by atoms with Crippen molar-refractivity contribution >= 4 is 32.7 Å². The number of anilines is 2. The van der Waals surface area contributed by atoms with Crippen LogP contribution in [0, 0.1) is 5.82 Å². The fraction of sp³-hybridized carbons (Fsp3) is 0.536. The molecule has 1 aromatic carbocycles. The van der Waals surface area contributed by atoms with Crippen molar-refractivity contribution < 1.29 is 26.0 Å². The molecule has 0 bridgehead atoms. The maximum atomic E-state index is 15.0. The summed E-state index contributed by atoms with van der Waals surface area (Å²) in [4.78, 5) is 25.1. The molecule has 1 atom stereocenters. The summed E-state index contributed by atoms with van der Waals surface area (Å²) in [5.41, 5.74) is -0.158. The lowest BCUT2D eigenvalue weighted by Crippen LogP contribution is -2.36. The highest BCUT2D eigenvalue weighted by atomic mass is 32.2. The second-order valence-electron chi connectivity index (χ2n) is 11.1. The Morgan fingerprint density at radius 2 is 1.83 bits per heavy atom. The average Bonchev–Trinajstić information content (AvgIpc) is 2.92. The number of hydrogen-bond donors (Lipinski definition) is 2. The van der Waals surface area contributed by atoms with E-state index in [1.165, 1.54) is 6.07 Å². The second-order valence-corrected chi connectivity index (χ2v) is 12.9. The minimum atomic E-state index is -4.67. The van der Waals surface area contributed by atoms with E-state index in [2.05, 4.69) is 29.3 Å². The number of nitrogens with zero attached hydrogens (tertiary/aromatic N) is 4. The fourth-order valence-electron chi connectivity index (χ4n) is 5.14. The molecule has 42 heavy (non-hydrogen) atoms. The minimum absolute atomic E-state index is 0.152. The quantitative estimate of drug-likeness (QED) is 0.289. The fourth-order valence-corrected chi connectivity index (χ4v) is 6.24. The number of sulfonamides is 1. The molecule has 1 fully saturated rings. The van der Waals surface area contributed by atoms with Crippen LogP contribution in [0.5, 0.6) is 0 Å². The van der Waals surface area contributed by atoms with Gasteiger partial charge in [-0.3, -0.25) is 14.1 Å². The lowest BCUT2D eigenvalue weighted by Gasteiger charge is -2.33. The van der Waals surface area contributed by atoms with Gasteiger partial charge in [-0.2, -0.15) is 18.2 Å². The van der Waals surface area contributed by atoms with E-state index in [4.69, 9.17) is 4.98 Å². The molecule has 9 nitrogen and oxygen atoms in total. The topological polar surface area (TPSA) is 109 Å². The number of fused-ring (bicyclic) bond motifs is 1. The SMILES string of the molecule is CCC(C)n1c(=O)c(-c2ccc(NS(=O)(=O)CCC(F)(F)F)c(F)c2)cc2cnc(NC3CCC(N(C)C)CC3)nc21. The maximum Gasteiger partial charge on any atom is 0.390 e. The van der Waals surface area contributed by atoms with Gasteiger partial charge in [-0.05, 0) is 76.9 Å². The van der Waals surface area contributed by atoms with Crippen LogP contribution in [0.4, 0.5) is 29.2 Å². The van der Waals surface area contributed by atoms with E-state index in [9.17, 15) is 30.8 Å². The first-order chi connectivity index (χ1) is 19.7. The smallest absolute Gasteiger partial charge is 0.351 e. The molecule has 4 rings (SSSR count). The highest BCUT2D eigenvalue weighted by Gasteiger charge is 2.30. The van der Waals surface area contributed by atoms with Gasteiger partial charge in [0.05, 0.1) is 17.9 Å². The van der Waals surface area contributed by atoms with Gasteiger partial charge >= 0.3 is 6.18 Å². The van der Waals surface area contributed by atoms with Crippen LogP contribution in [0.25, 0.3) is 22.2 Å². The number of rotatable bonds is 10. The van der Waals surface area contributed by atoms with E-state index in [1.54, 1.807) is 16.8 Å². The van der Waals surface area contributed by atoms with Crippen molar-refractivity contribution in [2.45, 2.75) is 76.7 Å². The van der Waals surface area contributed by atoms with Crippen LogP contribution < -0.4 is 15.6 Å². The molecule has 3 aromatic rings.